The number of nitrogens with zero attached hydrogens (tertiary/aromatic N) is 1. The zero-order chi connectivity index (χ0) is 23.7. The van der Waals surface area contributed by atoms with Crippen molar-refractivity contribution in [2.45, 2.75) is 103 Å². The topological polar surface area (TPSA) is 103 Å². The number of ether oxygens (including phenoxy) is 1. The zero-order valence-corrected chi connectivity index (χ0v) is 21.4. The smallest absolute Gasteiger partial charge is 0.118 e. The highest BCUT2D eigenvalue weighted by Crippen LogP contribution is 2.69. The molecule has 6 nitrogen and oxygen atoms in total. The zero-order valence-electron chi connectivity index (χ0n) is 21.4. The highest BCUT2D eigenvalue weighted by atomic mass is 16.6. The molecule has 0 unspecified atom stereocenters. The molecule has 0 saturated heterocycles. The van der Waals surface area contributed by atoms with Gasteiger partial charge in [0.2, 0.25) is 0 Å². The fraction of sp³-hybridized carbons (Fsp3) is 0.963. The van der Waals surface area contributed by atoms with Crippen molar-refractivity contribution >= 4 is 5.71 Å². The van der Waals surface area contributed by atoms with Crippen molar-refractivity contribution in [1.29, 1.82) is 0 Å². The molecule has 0 heterocycles. The Labute approximate surface area is 201 Å². The quantitative estimate of drug-likeness (QED) is 0.270. The van der Waals surface area contributed by atoms with Crippen LogP contribution in [0.4, 0.5) is 0 Å². The van der Waals surface area contributed by atoms with Crippen molar-refractivity contribution in [3.63, 3.8) is 0 Å². The molecule has 0 radical (unpaired) electrons. The fourth-order valence-electron chi connectivity index (χ4n) is 8.70. The van der Waals surface area contributed by atoms with E-state index in [0.717, 1.165) is 63.2 Å². The molecular weight excluding hydrogens is 414 g/mol. The third-order valence-electron chi connectivity index (χ3n) is 10.7. The van der Waals surface area contributed by atoms with Crippen LogP contribution in [-0.2, 0) is 9.57 Å². The van der Waals surface area contributed by atoms with Crippen LogP contribution >= 0.6 is 0 Å². The fourth-order valence-corrected chi connectivity index (χ4v) is 8.70. The van der Waals surface area contributed by atoms with E-state index in [1.165, 1.54) is 25.7 Å². The van der Waals surface area contributed by atoms with Gasteiger partial charge in [0.15, 0.2) is 0 Å². The summed E-state index contributed by atoms with van der Waals surface area (Å²) in [5.41, 5.74) is 11.9. The summed E-state index contributed by atoms with van der Waals surface area (Å²) in [6, 6.07) is 0. The maximum absolute atomic E-state index is 12.3. The predicted molar refractivity (Wildman–Crippen MR) is 133 cm³/mol. The molecule has 4 aliphatic carbocycles. The lowest BCUT2D eigenvalue weighted by molar-refractivity contribution is -0.208. The van der Waals surface area contributed by atoms with Crippen LogP contribution in [0.3, 0.4) is 0 Å². The number of hydrogen-bond donors (Lipinski definition) is 3. The number of aliphatic hydroxyl groups is 1. The van der Waals surface area contributed by atoms with Crippen LogP contribution in [0.25, 0.3) is 0 Å². The Morgan fingerprint density at radius 1 is 0.939 bits per heavy atom. The molecule has 33 heavy (non-hydrogen) atoms. The number of hydrogen-bond acceptors (Lipinski definition) is 6. The van der Waals surface area contributed by atoms with Crippen LogP contribution in [0.15, 0.2) is 5.16 Å². The average molecular weight is 464 g/mol. The second-order valence-electron chi connectivity index (χ2n) is 12.1. The van der Waals surface area contributed by atoms with E-state index in [9.17, 15) is 5.11 Å². The Bertz CT molecular complexity index is 702. The summed E-state index contributed by atoms with van der Waals surface area (Å²) in [5, 5.41) is 16.8. The van der Waals surface area contributed by atoms with Crippen LogP contribution in [-0.4, -0.2) is 48.8 Å². The van der Waals surface area contributed by atoms with Crippen molar-refractivity contribution in [2.75, 3.05) is 26.3 Å². The Kier molecular flexibility index (Phi) is 7.79. The summed E-state index contributed by atoms with van der Waals surface area (Å²) in [4.78, 5) is 5.55. The van der Waals surface area contributed by atoms with E-state index in [2.05, 4.69) is 25.9 Å². The van der Waals surface area contributed by atoms with E-state index < -0.39 is 5.60 Å². The summed E-state index contributed by atoms with van der Waals surface area (Å²) in [5.74, 6) is 2.05. The highest BCUT2D eigenvalue weighted by molar-refractivity contribution is 5.85. The second-order valence-corrected chi connectivity index (χ2v) is 12.1. The molecule has 0 aliphatic heterocycles. The van der Waals surface area contributed by atoms with Crippen LogP contribution in [0, 0.1) is 34.5 Å². The SMILES string of the molecule is C/C(=N\OCCCN)[C@H]1CC[C@]2(O)[C@@H]3CC[C@@H]4C[C@@H](OCCCN)CC[C@]4(C)[C@H]3CC[C@]12C. The number of rotatable bonds is 9. The first kappa shape index (κ1) is 25.4. The van der Waals surface area contributed by atoms with E-state index in [1.807, 2.05) is 0 Å². The normalized spacial score (nSPS) is 45.3. The second kappa shape index (κ2) is 10.1. The van der Waals surface area contributed by atoms with Gasteiger partial charge in [0.05, 0.1) is 17.4 Å². The van der Waals surface area contributed by atoms with Gasteiger partial charge in [-0.15, -0.1) is 0 Å². The van der Waals surface area contributed by atoms with Gasteiger partial charge in [-0.3, -0.25) is 0 Å². The molecule has 0 amide bonds. The Hall–Kier alpha value is -0.690. The molecule has 4 aliphatic rings. The molecule has 4 fully saturated rings. The van der Waals surface area contributed by atoms with Crippen molar-refractivity contribution in [3.8, 4) is 0 Å². The van der Waals surface area contributed by atoms with Gasteiger partial charge in [-0.1, -0.05) is 19.0 Å². The third-order valence-corrected chi connectivity index (χ3v) is 10.7. The number of oxime groups is 1. The lowest BCUT2D eigenvalue weighted by Gasteiger charge is -2.63. The molecule has 0 bridgehead atoms. The molecule has 4 rings (SSSR count). The van der Waals surface area contributed by atoms with Gasteiger partial charge in [0.25, 0.3) is 0 Å². The minimum atomic E-state index is -0.586. The van der Waals surface area contributed by atoms with Crippen LogP contribution < -0.4 is 11.5 Å². The maximum Gasteiger partial charge on any atom is 0.118 e. The van der Waals surface area contributed by atoms with Gasteiger partial charge in [0.1, 0.15) is 6.61 Å². The van der Waals surface area contributed by atoms with Crippen molar-refractivity contribution in [2.24, 2.45) is 51.1 Å². The molecule has 5 N–H and O–H groups in total. The van der Waals surface area contributed by atoms with Crippen LogP contribution in [0.2, 0.25) is 0 Å². The summed E-state index contributed by atoms with van der Waals surface area (Å²) in [6.07, 6.45) is 12.4. The van der Waals surface area contributed by atoms with Gasteiger partial charge in [0, 0.05) is 17.9 Å². The maximum atomic E-state index is 12.3. The first-order valence-electron chi connectivity index (χ1n) is 13.7. The number of fused-ring (bicyclic) bond motifs is 5. The molecule has 0 aromatic carbocycles. The lowest BCUT2D eigenvalue weighted by atomic mass is 9.43. The molecule has 4 saturated carbocycles. The predicted octanol–water partition coefficient (Wildman–Crippen LogP) is 4.24. The van der Waals surface area contributed by atoms with Gasteiger partial charge in [-0.2, -0.15) is 0 Å². The lowest BCUT2D eigenvalue weighted by Crippen LogP contribution is -2.62. The van der Waals surface area contributed by atoms with E-state index in [-0.39, 0.29) is 5.41 Å². The first-order chi connectivity index (χ1) is 15.8. The third kappa shape index (κ3) is 4.39. The van der Waals surface area contributed by atoms with E-state index >= 15 is 0 Å². The Morgan fingerprint density at radius 2 is 1.70 bits per heavy atom. The highest BCUT2D eigenvalue weighted by Gasteiger charge is 2.67. The van der Waals surface area contributed by atoms with Gasteiger partial charge < -0.3 is 26.1 Å². The summed E-state index contributed by atoms with van der Waals surface area (Å²) in [6.45, 7) is 9.69. The standard InChI is InChI=1S/C27H49N3O3/c1-19(30-33-17-5-15-29)22-10-13-27(31)24-7-6-20-18-21(32-16-4-14-28)8-11-25(20,2)23(24)9-12-26(22,27)3/h20-24,31H,4-18,28-29H2,1-3H3/b30-19+/t20-,21+,22-,23+,24-,25+,26-,27+/m1/s1. The molecular formula is C27H49N3O3. The largest absolute Gasteiger partial charge is 0.396 e. The van der Waals surface area contributed by atoms with Gasteiger partial charge >= 0.3 is 0 Å². The number of nitrogens with two attached hydrogens (primary N) is 2. The molecule has 8 atom stereocenters. The van der Waals surface area contributed by atoms with E-state index in [0.29, 0.717) is 49.0 Å². The van der Waals surface area contributed by atoms with Crippen molar-refractivity contribution in [3.05, 3.63) is 0 Å². The minimum absolute atomic E-state index is 0.106. The summed E-state index contributed by atoms with van der Waals surface area (Å²) in [7, 11) is 0. The molecule has 0 aromatic heterocycles. The minimum Gasteiger partial charge on any atom is -0.396 e. The van der Waals surface area contributed by atoms with E-state index in [1.54, 1.807) is 0 Å². The van der Waals surface area contributed by atoms with Crippen molar-refractivity contribution in [1.82, 2.24) is 0 Å². The summed E-state index contributed by atoms with van der Waals surface area (Å²) < 4.78 is 6.19. The monoisotopic (exact) mass is 463 g/mol. The molecule has 0 spiro atoms. The molecule has 190 valence electrons. The van der Waals surface area contributed by atoms with Crippen molar-refractivity contribution < 1.29 is 14.7 Å². The average Bonchev–Trinajstić information content (AvgIpc) is 3.08. The van der Waals surface area contributed by atoms with Gasteiger partial charge in [-0.05, 0) is 114 Å². The molecule has 0 aromatic rings. The van der Waals surface area contributed by atoms with E-state index in [4.69, 9.17) is 21.0 Å². The molecule has 6 heteroatoms. The van der Waals surface area contributed by atoms with Crippen LogP contribution in [0.5, 0.6) is 0 Å². The first-order valence-corrected chi connectivity index (χ1v) is 13.7. The van der Waals surface area contributed by atoms with Gasteiger partial charge in [-0.25, -0.2) is 0 Å². The Morgan fingerprint density at radius 3 is 2.45 bits per heavy atom. The Balaban J connectivity index is 1.46. The summed E-state index contributed by atoms with van der Waals surface area (Å²) >= 11 is 0. The van der Waals surface area contributed by atoms with Crippen LogP contribution in [0.1, 0.15) is 91.4 Å².